The molecule has 0 radical (unpaired) electrons. The number of halogens is 1. The number of morpholine rings is 1. The Hall–Kier alpha value is -2.40. The maximum Gasteiger partial charge on any atom is 0.227 e. The van der Waals surface area contributed by atoms with E-state index in [-0.39, 0.29) is 11.7 Å². The SMILES string of the molecule is O=C(CCCc1ccccc1F)N1CCc2cc(N3CCOCC3)ccc21. The minimum atomic E-state index is -0.188. The number of amides is 1. The van der Waals surface area contributed by atoms with Crippen LogP contribution in [0.25, 0.3) is 0 Å². The van der Waals surface area contributed by atoms with Crippen molar-refractivity contribution in [2.24, 2.45) is 0 Å². The second-order valence-corrected chi connectivity index (χ2v) is 7.15. The Kier molecular flexibility index (Phi) is 5.39. The monoisotopic (exact) mass is 368 g/mol. The lowest BCUT2D eigenvalue weighted by atomic mass is 10.1. The molecule has 4 rings (SSSR count). The topological polar surface area (TPSA) is 32.8 Å². The summed E-state index contributed by atoms with van der Waals surface area (Å²) < 4.78 is 19.1. The Labute approximate surface area is 159 Å². The summed E-state index contributed by atoms with van der Waals surface area (Å²) in [6.45, 7) is 4.10. The number of anilines is 2. The van der Waals surface area contributed by atoms with Crippen molar-refractivity contribution < 1.29 is 13.9 Å². The van der Waals surface area contributed by atoms with Crippen LogP contribution in [0.2, 0.25) is 0 Å². The molecule has 2 aromatic carbocycles. The van der Waals surface area contributed by atoms with Gasteiger partial charge in [-0.2, -0.15) is 0 Å². The zero-order chi connectivity index (χ0) is 18.6. The van der Waals surface area contributed by atoms with Crippen molar-refractivity contribution in [3.8, 4) is 0 Å². The molecule has 2 aliphatic rings. The van der Waals surface area contributed by atoms with Crippen LogP contribution in [0.15, 0.2) is 42.5 Å². The molecule has 1 saturated heterocycles. The largest absolute Gasteiger partial charge is 0.378 e. The van der Waals surface area contributed by atoms with E-state index >= 15 is 0 Å². The van der Waals surface area contributed by atoms with E-state index in [1.165, 1.54) is 17.3 Å². The highest BCUT2D eigenvalue weighted by molar-refractivity contribution is 5.95. The van der Waals surface area contributed by atoms with Crippen molar-refractivity contribution in [3.05, 3.63) is 59.4 Å². The molecular weight excluding hydrogens is 343 g/mol. The van der Waals surface area contributed by atoms with Gasteiger partial charge in [-0.1, -0.05) is 18.2 Å². The minimum Gasteiger partial charge on any atom is -0.378 e. The summed E-state index contributed by atoms with van der Waals surface area (Å²) in [6.07, 6.45) is 2.60. The van der Waals surface area contributed by atoms with Crippen molar-refractivity contribution in [1.82, 2.24) is 0 Å². The second kappa shape index (κ2) is 8.09. The highest BCUT2D eigenvalue weighted by atomic mass is 19.1. The van der Waals surface area contributed by atoms with E-state index in [4.69, 9.17) is 4.74 Å². The summed E-state index contributed by atoms with van der Waals surface area (Å²) in [6, 6.07) is 13.2. The van der Waals surface area contributed by atoms with Crippen LogP contribution in [0.1, 0.15) is 24.0 Å². The number of fused-ring (bicyclic) bond motifs is 1. The number of carbonyl (C=O) groups excluding carboxylic acids is 1. The Morgan fingerprint density at radius 2 is 1.89 bits per heavy atom. The van der Waals surface area contributed by atoms with Gasteiger partial charge in [-0.05, 0) is 54.7 Å². The molecule has 0 saturated carbocycles. The van der Waals surface area contributed by atoms with Gasteiger partial charge in [0.25, 0.3) is 0 Å². The molecule has 0 unspecified atom stereocenters. The van der Waals surface area contributed by atoms with E-state index in [2.05, 4.69) is 23.1 Å². The Bertz CT molecular complexity index is 818. The van der Waals surface area contributed by atoms with Crippen LogP contribution < -0.4 is 9.80 Å². The summed E-state index contributed by atoms with van der Waals surface area (Å²) in [5.74, 6) is -0.0590. The Morgan fingerprint density at radius 3 is 2.70 bits per heavy atom. The average molecular weight is 368 g/mol. The fourth-order valence-electron chi connectivity index (χ4n) is 3.93. The van der Waals surface area contributed by atoms with Gasteiger partial charge in [-0.15, -0.1) is 0 Å². The molecule has 1 fully saturated rings. The molecule has 0 aromatic heterocycles. The van der Waals surface area contributed by atoms with Crippen LogP contribution in [0.4, 0.5) is 15.8 Å². The van der Waals surface area contributed by atoms with Crippen molar-refractivity contribution >= 4 is 17.3 Å². The van der Waals surface area contributed by atoms with Gasteiger partial charge in [0, 0.05) is 37.4 Å². The number of nitrogens with zero attached hydrogens (tertiary/aromatic N) is 2. The first-order valence-corrected chi connectivity index (χ1v) is 9.72. The molecule has 0 spiro atoms. The first kappa shape index (κ1) is 18.0. The van der Waals surface area contributed by atoms with Crippen molar-refractivity contribution in [2.75, 3.05) is 42.6 Å². The third-order valence-electron chi connectivity index (χ3n) is 5.43. The molecule has 4 nitrogen and oxygen atoms in total. The van der Waals surface area contributed by atoms with Crippen molar-refractivity contribution in [2.45, 2.75) is 25.7 Å². The average Bonchev–Trinajstić information content (AvgIpc) is 3.13. The Balaban J connectivity index is 1.37. The molecule has 27 heavy (non-hydrogen) atoms. The second-order valence-electron chi connectivity index (χ2n) is 7.15. The molecule has 142 valence electrons. The lowest BCUT2D eigenvalue weighted by molar-refractivity contribution is -0.118. The van der Waals surface area contributed by atoms with Crippen LogP contribution in [0.3, 0.4) is 0 Å². The molecule has 5 heteroatoms. The van der Waals surface area contributed by atoms with Gasteiger partial charge < -0.3 is 14.5 Å². The summed E-state index contributed by atoms with van der Waals surface area (Å²) >= 11 is 0. The van der Waals surface area contributed by atoms with Crippen molar-refractivity contribution in [1.29, 1.82) is 0 Å². The van der Waals surface area contributed by atoms with E-state index in [1.54, 1.807) is 12.1 Å². The zero-order valence-electron chi connectivity index (χ0n) is 15.5. The van der Waals surface area contributed by atoms with Gasteiger partial charge in [-0.3, -0.25) is 4.79 Å². The van der Waals surface area contributed by atoms with E-state index in [9.17, 15) is 9.18 Å². The molecule has 0 atom stereocenters. The number of hydrogen-bond donors (Lipinski definition) is 0. The molecule has 0 bridgehead atoms. The molecule has 2 heterocycles. The van der Waals surface area contributed by atoms with Gasteiger partial charge in [-0.25, -0.2) is 4.39 Å². The number of rotatable bonds is 5. The van der Waals surface area contributed by atoms with Crippen molar-refractivity contribution in [3.63, 3.8) is 0 Å². The number of carbonyl (C=O) groups is 1. The molecule has 1 amide bonds. The quantitative estimate of drug-likeness (QED) is 0.809. The normalized spacial score (nSPS) is 16.5. The number of hydrogen-bond acceptors (Lipinski definition) is 3. The van der Waals surface area contributed by atoms with Gasteiger partial charge >= 0.3 is 0 Å². The van der Waals surface area contributed by atoms with Gasteiger partial charge in [0.1, 0.15) is 5.82 Å². The van der Waals surface area contributed by atoms with E-state index in [0.717, 1.165) is 45.0 Å². The van der Waals surface area contributed by atoms with Crippen LogP contribution in [-0.2, 0) is 22.4 Å². The van der Waals surface area contributed by atoms with Gasteiger partial charge in [0.05, 0.1) is 13.2 Å². The maximum absolute atomic E-state index is 13.7. The molecule has 0 N–H and O–H groups in total. The molecule has 0 aliphatic carbocycles. The van der Waals surface area contributed by atoms with E-state index in [1.807, 2.05) is 11.0 Å². The third kappa shape index (κ3) is 3.98. The summed E-state index contributed by atoms with van der Waals surface area (Å²) in [7, 11) is 0. The smallest absolute Gasteiger partial charge is 0.227 e. The number of ether oxygens (including phenoxy) is 1. The summed E-state index contributed by atoms with van der Waals surface area (Å²) in [4.78, 5) is 16.9. The minimum absolute atomic E-state index is 0.129. The maximum atomic E-state index is 13.7. The van der Waals surface area contributed by atoms with Crippen LogP contribution in [0, 0.1) is 5.82 Å². The standard InChI is InChI=1S/C22H25FN2O2/c23-20-6-2-1-4-17(20)5-3-7-22(26)25-11-10-18-16-19(8-9-21(18)25)24-12-14-27-15-13-24/h1-2,4,6,8-9,16H,3,5,7,10-15H2. The number of benzene rings is 2. The highest BCUT2D eigenvalue weighted by Gasteiger charge is 2.25. The van der Waals surface area contributed by atoms with E-state index in [0.29, 0.717) is 24.8 Å². The zero-order valence-corrected chi connectivity index (χ0v) is 15.5. The van der Waals surface area contributed by atoms with Crippen LogP contribution >= 0.6 is 0 Å². The summed E-state index contributed by atoms with van der Waals surface area (Å²) in [5.41, 5.74) is 4.16. The Morgan fingerprint density at radius 1 is 1.07 bits per heavy atom. The molecule has 2 aliphatic heterocycles. The van der Waals surface area contributed by atoms with Gasteiger partial charge in [0.2, 0.25) is 5.91 Å². The fraction of sp³-hybridized carbons (Fsp3) is 0.409. The number of aryl methyl sites for hydroxylation is 1. The van der Waals surface area contributed by atoms with E-state index < -0.39 is 0 Å². The van der Waals surface area contributed by atoms with Crippen LogP contribution in [-0.4, -0.2) is 38.8 Å². The molecular formula is C22H25FN2O2. The summed E-state index contributed by atoms with van der Waals surface area (Å²) in [5, 5.41) is 0. The first-order chi connectivity index (χ1) is 13.2. The fourth-order valence-corrected chi connectivity index (χ4v) is 3.93. The van der Waals surface area contributed by atoms with Crippen LogP contribution in [0.5, 0.6) is 0 Å². The first-order valence-electron chi connectivity index (χ1n) is 9.72. The predicted molar refractivity (Wildman–Crippen MR) is 105 cm³/mol. The lowest BCUT2D eigenvalue weighted by Gasteiger charge is -2.29. The highest BCUT2D eigenvalue weighted by Crippen LogP contribution is 2.32. The molecule has 2 aromatic rings. The van der Waals surface area contributed by atoms with Gasteiger partial charge in [0.15, 0.2) is 0 Å². The predicted octanol–water partition coefficient (Wildman–Crippen LogP) is 3.57. The lowest BCUT2D eigenvalue weighted by Crippen LogP contribution is -2.36. The third-order valence-corrected chi connectivity index (χ3v) is 5.43.